The molecule has 0 aliphatic heterocycles. The number of rotatable bonds is 4. The Balaban J connectivity index is 2.77. The number of hydrogen-bond donors (Lipinski definition) is 1. The molecular formula is C13H18N2O4. The molecule has 0 aliphatic rings. The van der Waals surface area contributed by atoms with Crippen molar-refractivity contribution < 1.29 is 19.4 Å². The largest absolute Gasteiger partial charge is 0.480 e. The number of carboxylic acids is 1. The van der Waals surface area contributed by atoms with Crippen LogP contribution in [0.25, 0.3) is 0 Å². The fraction of sp³-hybridized carbons (Fsp3) is 0.462. The van der Waals surface area contributed by atoms with Gasteiger partial charge in [-0.15, -0.1) is 0 Å². The molecule has 1 amide bonds. The number of ether oxygens (including phenoxy) is 1. The van der Waals surface area contributed by atoms with E-state index in [4.69, 9.17) is 9.84 Å². The van der Waals surface area contributed by atoms with Gasteiger partial charge >= 0.3 is 12.1 Å². The molecule has 0 bridgehead atoms. The first-order valence-corrected chi connectivity index (χ1v) is 5.86. The van der Waals surface area contributed by atoms with Gasteiger partial charge in [0.1, 0.15) is 12.1 Å². The SMILES string of the molecule is CC(C)(C)OC(=O)N(CC(=O)O)Cc1ccncc1. The number of carbonyl (C=O) groups excluding carboxylic acids is 1. The van der Waals surface area contributed by atoms with Gasteiger partial charge in [-0.25, -0.2) is 4.79 Å². The number of carbonyl (C=O) groups is 2. The third-order valence-corrected chi connectivity index (χ3v) is 2.10. The van der Waals surface area contributed by atoms with Crippen molar-refractivity contribution in [3.05, 3.63) is 30.1 Å². The molecule has 1 N–H and O–H groups in total. The third-order valence-electron chi connectivity index (χ3n) is 2.10. The molecule has 1 aromatic rings. The highest BCUT2D eigenvalue weighted by Gasteiger charge is 2.23. The van der Waals surface area contributed by atoms with Crippen molar-refractivity contribution in [1.82, 2.24) is 9.88 Å². The number of carboxylic acid groups (broad SMARTS) is 1. The number of hydrogen-bond acceptors (Lipinski definition) is 4. The Morgan fingerprint density at radius 3 is 2.37 bits per heavy atom. The zero-order valence-corrected chi connectivity index (χ0v) is 11.3. The summed E-state index contributed by atoms with van der Waals surface area (Å²) < 4.78 is 5.18. The molecule has 0 atom stereocenters. The van der Waals surface area contributed by atoms with Crippen LogP contribution in [0.2, 0.25) is 0 Å². The summed E-state index contributed by atoms with van der Waals surface area (Å²) in [4.78, 5) is 27.7. The zero-order chi connectivity index (χ0) is 14.5. The maximum absolute atomic E-state index is 11.9. The van der Waals surface area contributed by atoms with Crippen LogP contribution in [0.1, 0.15) is 26.3 Å². The smallest absolute Gasteiger partial charge is 0.411 e. The first-order valence-electron chi connectivity index (χ1n) is 5.86. The molecule has 0 radical (unpaired) electrons. The standard InChI is InChI=1S/C13H18N2O4/c1-13(2,3)19-12(18)15(9-11(16)17)8-10-4-6-14-7-5-10/h4-7H,8-9H2,1-3H3,(H,16,17). The van der Waals surface area contributed by atoms with Crippen LogP contribution in [0.3, 0.4) is 0 Å². The summed E-state index contributed by atoms with van der Waals surface area (Å²) in [5.41, 5.74) is 0.133. The molecule has 0 saturated heterocycles. The van der Waals surface area contributed by atoms with E-state index >= 15 is 0 Å². The van der Waals surface area contributed by atoms with Crippen molar-refractivity contribution in [1.29, 1.82) is 0 Å². The van der Waals surface area contributed by atoms with Gasteiger partial charge in [-0.05, 0) is 38.5 Å². The van der Waals surface area contributed by atoms with Crippen molar-refractivity contribution in [3.8, 4) is 0 Å². The van der Waals surface area contributed by atoms with Crippen LogP contribution in [-0.2, 0) is 16.1 Å². The summed E-state index contributed by atoms with van der Waals surface area (Å²) >= 11 is 0. The molecule has 19 heavy (non-hydrogen) atoms. The Kier molecular flexibility index (Phi) is 4.86. The van der Waals surface area contributed by atoms with Crippen molar-refractivity contribution in [2.45, 2.75) is 32.9 Å². The molecule has 1 rings (SSSR count). The fourth-order valence-corrected chi connectivity index (χ4v) is 1.38. The molecule has 0 fully saturated rings. The molecule has 0 aromatic carbocycles. The molecule has 0 unspecified atom stereocenters. The summed E-state index contributed by atoms with van der Waals surface area (Å²) in [5, 5.41) is 8.85. The second-order valence-electron chi connectivity index (χ2n) is 5.09. The van der Waals surface area contributed by atoms with Gasteiger partial charge in [-0.2, -0.15) is 0 Å². The maximum atomic E-state index is 11.9. The lowest BCUT2D eigenvalue weighted by Gasteiger charge is -2.26. The average molecular weight is 266 g/mol. The lowest BCUT2D eigenvalue weighted by molar-refractivity contribution is -0.138. The third kappa shape index (κ3) is 5.85. The van der Waals surface area contributed by atoms with E-state index in [1.54, 1.807) is 45.3 Å². The minimum atomic E-state index is -1.08. The molecule has 6 heteroatoms. The zero-order valence-electron chi connectivity index (χ0n) is 11.3. The van der Waals surface area contributed by atoms with Crippen LogP contribution in [0.5, 0.6) is 0 Å². The molecule has 0 saturated carbocycles. The van der Waals surface area contributed by atoms with E-state index in [0.29, 0.717) is 0 Å². The molecule has 1 aromatic heterocycles. The minimum absolute atomic E-state index is 0.170. The quantitative estimate of drug-likeness (QED) is 0.900. The first kappa shape index (κ1) is 14.9. The Morgan fingerprint density at radius 1 is 1.32 bits per heavy atom. The summed E-state index contributed by atoms with van der Waals surface area (Å²) in [6.07, 6.45) is 2.53. The molecular weight excluding hydrogens is 248 g/mol. The molecule has 0 spiro atoms. The Bertz CT molecular complexity index is 440. The van der Waals surface area contributed by atoms with Gasteiger partial charge in [0, 0.05) is 18.9 Å². The second kappa shape index (κ2) is 6.17. The van der Waals surface area contributed by atoms with Crippen molar-refractivity contribution in [2.24, 2.45) is 0 Å². The van der Waals surface area contributed by atoms with E-state index in [0.717, 1.165) is 10.5 Å². The van der Waals surface area contributed by atoms with Gasteiger partial charge in [0.05, 0.1) is 0 Å². The monoisotopic (exact) mass is 266 g/mol. The van der Waals surface area contributed by atoms with E-state index < -0.39 is 24.2 Å². The lowest BCUT2D eigenvalue weighted by Crippen LogP contribution is -2.39. The first-order chi connectivity index (χ1) is 8.78. The van der Waals surface area contributed by atoms with Crippen LogP contribution in [0.15, 0.2) is 24.5 Å². The minimum Gasteiger partial charge on any atom is -0.480 e. The van der Waals surface area contributed by atoms with Crippen LogP contribution in [0.4, 0.5) is 4.79 Å². The van der Waals surface area contributed by atoms with Crippen LogP contribution in [-0.4, -0.2) is 39.2 Å². The second-order valence-corrected chi connectivity index (χ2v) is 5.09. The molecule has 1 heterocycles. The van der Waals surface area contributed by atoms with Gasteiger partial charge in [0.15, 0.2) is 0 Å². The summed E-state index contributed by atoms with van der Waals surface area (Å²) in [6, 6.07) is 3.44. The average Bonchev–Trinajstić information content (AvgIpc) is 2.26. The van der Waals surface area contributed by atoms with E-state index in [2.05, 4.69) is 4.98 Å². The summed E-state index contributed by atoms with van der Waals surface area (Å²) in [6.45, 7) is 4.96. The summed E-state index contributed by atoms with van der Waals surface area (Å²) in [5.74, 6) is -1.08. The highest BCUT2D eigenvalue weighted by atomic mass is 16.6. The number of pyridine rings is 1. The number of nitrogens with zero attached hydrogens (tertiary/aromatic N) is 2. The van der Waals surface area contributed by atoms with Crippen LogP contribution >= 0.6 is 0 Å². The predicted octanol–water partition coefficient (Wildman–Crippen LogP) is 1.90. The maximum Gasteiger partial charge on any atom is 0.411 e. The highest BCUT2D eigenvalue weighted by Crippen LogP contribution is 2.12. The summed E-state index contributed by atoms with van der Waals surface area (Å²) in [7, 11) is 0. The van der Waals surface area contributed by atoms with Crippen LogP contribution in [0, 0.1) is 0 Å². The van der Waals surface area contributed by atoms with Gasteiger partial charge < -0.3 is 9.84 Å². The Hall–Kier alpha value is -2.11. The molecule has 6 nitrogen and oxygen atoms in total. The van der Waals surface area contributed by atoms with E-state index in [1.807, 2.05) is 0 Å². The Labute approximate surface area is 112 Å². The number of aliphatic carboxylic acids is 1. The van der Waals surface area contributed by atoms with E-state index in [1.165, 1.54) is 0 Å². The van der Waals surface area contributed by atoms with Gasteiger partial charge in [-0.3, -0.25) is 14.7 Å². The van der Waals surface area contributed by atoms with Gasteiger partial charge in [-0.1, -0.05) is 0 Å². The van der Waals surface area contributed by atoms with Crippen molar-refractivity contribution in [3.63, 3.8) is 0 Å². The predicted molar refractivity (Wildman–Crippen MR) is 68.5 cm³/mol. The van der Waals surface area contributed by atoms with Crippen molar-refractivity contribution >= 4 is 12.1 Å². The number of aromatic nitrogens is 1. The van der Waals surface area contributed by atoms with Gasteiger partial charge in [0.25, 0.3) is 0 Å². The lowest BCUT2D eigenvalue weighted by atomic mass is 10.2. The molecule has 104 valence electrons. The fourth-order valence-electron chi connectivity index (χ4n) is 1.38. The van der Waals surface area contributed by atoms with Crippen molar-refractivity contribution in [2.75, 3.05) is 6.54 Å². The van der Waals surface area contributed by atoms with Gasteiger partial charge in [0.2, 0.25) is 0 Å². The number of amides is 1. The van der Waals surface area contributed by atoms with Crippen LogP contribution < -0.4 is 0 Å². The highest BCUT2D eigenvalue weighted by molar-refractivity contribution is 5.76. The van der Waals surface area contributed by atoms with E-state index in [-0.39, 0.29) is 6.54 Å². The topological polar surface area (TPSA) is 79.7 Å². The normalized spacial score (nSPS) is 10.9. The molecule has 0 aliphatic carbocycles. The Morgan fingerprint density at radius 2 is 1.89 bits per heavy atom. The van der Waals surface area contributed by atoms with E-state index in [9.17, 15) is 9.59 Å².